The van der Waals surface area contributed by atoms with Gasteiger partial charge in [0, 0.05) is 11.1 Å². The summed E-state index contributed by atoms with van der Waals surface area (Å²) < 4.78 is 1.27. The SMILES string of the molecule is CC1CCC(=NNC(=O)c2nn(-c3ccccc3)c(=O)c3ccccc23)CC1. The standard InChI is InChI=1S/C22H22N4O2/c1-15-11-13-16(14-12-15)23-24-21(27)20-18-9-5-6-10-19(18)22(28)26(25-20)17-7-3-2-4-8-17/h2-10,15H,11-14H2,1H3,(H,24,27). The molecule has 1 saturated carbocycles. The normalized spacial score (nSPS) is 16.8. The molecule has 0 bridgehead atoms. The Labute approximate surface area is 162 Å². The molecule has 1 aliphatic carbocycles. The van der Waals surface area contributed by atoms with Crippen LogP contribution in [0.5, 0.6) is 0 Å². The lowest BCUT2D eigenvalue weighted by Gasteiger charge is -2.18. The van der Waals surface area contributed by atoms with Crippen LogP contribution in [-0.4, -0.2) is 21.4 Å². The first-order valence-electron chi connectivity index (χ1n) is 9.57. The maximum absolute atomic E-state index is 12.9. The fourth-order valence-corrected chi connectivity index (χ4v) is 3.49. The fraction of sp³-hybridized carbons (Fsp3) is 0.273. The highest BCUT2D eigenvalue weighted by Crippen LogP contribution is 2.21. The molecule has 6 heteroatoms. The van der Waals surface area contributed by atoms with Gasteiger partial charge in [0.2, 0.25) is 0 Å². The molecule has 1 heterocycles. The lowest BCUT2D eigenvalue weighted by molar-refractivity contribution is 0.0949. The monoisotopic (exact) mass is 374 g/mol. The Morgan fingerprint density at radius 3 is 2.39 bits per heavy atom. The number of carbonyl (C=O) groups is 1. The molecule has 0 spiro atoms. The molecule has 0 unspecified atom stereocenters. The van der Waals surface area contributed by atoms with E-state index in [1.165, 1.54) is 4.68 Å². The van der Waals surface area contributed by atoms with E-state index >= 15 is 0 Å². The van der Waals surface area contributed by atoms with E-state index in [9.17, 15) is 9.59 Å². The average molecular weight is 374 g/mol. The van der Waals surface area contributed by atoms with Crippen molar-refractivity contribution in [1.82, 2.24) is 15.2 Å². The van der Waals surface area contributed by atoms with Crippen LogP contribution in [-0.2, 0) is 0 Å². The molecule has 1 aliphatic rings. The molecule has 142 valence electrons. The molecule has 28 heavy (non-hydrogen) atoms. The molecule has 6 nitrogen and oxygen atoms in total. The number of fused-ring (bicyclic) bond motifs is 1. The first-order valence-corrected chi connectivity index (χ1v) is 9.57. The van der Waals surface area contributed by atoms with Crippen molar-refractivity contribution in [2.75, 3.05) is 0 Å². The number of hydrogen-bond donors (Lipinski definition) is 1. The Morgan fingerprint density at radius 1 is 1.04 bits per heavy atom. The number of para-hydroxylation sites is 1. The quantitative estimate of drug-likeness (QED) is 0.711. The van der Waals surface area contributed by atoms with E-state index in [-0.39, 0.29) is 11.3 Å². The van der Waals surface area contributed by atoms with Gasteiger partial charge in [-0.1, -0.05) is 43.3 Å². The maximum atomic E-state index is 12.9. The summed E-state index contributed by atoms with van der Waals surface area (Å²) in [4.78, 5) is 25.7. The zero-order valence-corrected chi connectivity index (χ0v) is 15.8. The smallest absolute Gasteiger partial charge is 0.267 e. The number of nitrogens with zero attached hydrogens (tertiary/aromatic N) is 3. The summed E-state index contributed by atoms with van der Waals surface area (Å²) in [6.07, 6.45) is 3.99. The Hall–Kier alpha value is -3.28. The van der Waals surface area contributed by atoms with E-state index < -0.39 is 5.91 Å². The molecule has 1 amide bonds. The number of hydrazone groups is 1. The van der Waals surface area contributed by atoms with Gasteiger partial charge in [0.05, 0.1) is 11.1 Å². The first-order chi connectivity index (χ1) is 13.6. The van der Waals surface area contributed by atoms with Crippen molar-refractivity contribution in [3.63, 3.8) is 0 Å². The summed E-state index contributed by atoms with van der Waals surface area (Å²) >= 11 is 0. The summed E-state index contributed by atoms with van der Waals surface area (Å²) in [5, 5.41) is 9.66. The van der Waals surface area contributed by atoms with E-state index in [0.29, 0.717) is 22.4 Å². The minimum Gasteiger partial charge on any atom is -0.267 e. The summed E-state index contributed by atoms with van der Waals surface area (Å²) in [6.45, 7) is 2.23. The molecule has 4 rings (SSSR count). The number of aromatic nitrogens is 2. The van der Waals surface area contributed by atoms with Crippen molar-refractivity contribution in [2.24, 2.45) is 11.0 Å². The molecule has 0 atom stereocenters. The largest absolute Gasteiger partial charge is 0.292 e. The molecular weight excluding hydrogens is 352 g/mol. The minimum absolute atomic E-state index is 0.188. The first kappa shape index (κ1) is 18.1. The summed E-state index contributed by atoms with van der Waals surface area (Å²) in [6, 6.07) is 16.1. The van der Waals surface area contributed by atoms with Crippen molar-refractivity contribution in [3.05, 3.63) is 70.6 Å². The van der Waals surface area contributed by atoms with Gasteiger partial charge < -0.3 is 0 Å². The van der Waals surface area contributed by atoms with E-state index in [4.69, 9.17) is 0 Å². The third kappa shape index (κ3) is 3.58. The van der Waals surface area contributed by atoms with Crippen LogP contribution in [0.3, 0.4) is 0 Å². The fourth-order valence-electron chi connectivity index (χ4n) is 3.49. The lowest BCUT2D eigenvalue weighted by atomic mass is 9.90. The van der Waals surface area contributed by atoms with Crippen LogP contribution in [0.15, 0.2) is 64.5 Å². The van der Waals surface area contributed by atoms with Crippen LogP contribution in [0.2, 0.25) is 0 Å². The predicted octanol–water partition coefficient (Wildman–Crippen LogP) is 3.68. The summed E-state index contributed by atoms with van der Waals surface area (Å²) in [5.41, 5.74) is 4.19. The summed E-state index contributed by atoms with van der Waals surface area (Å²) in [7, 11) is 0. The van der Waals surface area contributed by atoms with E-state index in [0.717, 1.165) is 31.4 Å². The second-order valence-corrected chi connectivity index (χ2v) is 7.25. The average Bonchev–Trinajstić information content (AvgIpc) is 2.74. The van der Waals surface area contributed by atoms with E-state index in [1.807, 2.05) is 18.2 Å². The Kier molecular flexibility index (Phi) is 5.02. The highest BCUT2D eigenvalue weighted by atomic mass is 16.2. The number of rotatable bonds is 3. The maximum Gasteiger partial charge on any atom is 0.292 e. The van der Waals surface area contributed by atoms with Gasteiger partial charge in [-0.05, 0) is 49.8 Å². The van der Waals surface area contributed by atoms with Crippen LogP contribution in [0, 0.1) is 5.92 Å². The number of hydrogen-bond acceptors (Lipinski definition) is 4. The predicted molar refractivity (Wildman–Crippen MR) is 110 cm³/mol. The molecular formula is C22H22N4O2. The Balaban J connectivity index is 1.74. The zero-order chi connectivity index (χ0) is 19.5. The van der Waals surface area contributed by atoms with Crippen LogP contribution >= 0.6 is 0 Å². The van der Waals surface area contributed by atoms with Gasteiger partial charge in [0.15, 0.2) is 5.69 Å². The van der Waals surface area contributed by atoms with Crippen LogP contribution < -0.4 is 11.0 Å². The molecule has 0 saturated heterocycles. The number of carbonyl (C=O) groups excluding carboxylic acids is 1. The van der Waals surface area contributed by atoms with Crippen molar-refractivity contribution >= 4 is 22.4 Å². The molecule has 0 aliphatic heterocycles. The summed E-state index contributed by atoms with van der Waals surface area (Å²) in [5.74, 6) is 0.293. The van der Waals surface area contributed by atoms with Crippen LogP contribution in [0.4, 0.5) is 0 Å². The van der Waals surface area contributed by atoms with Gasteiger partial charge in [0.1, 0.15) is 0 Å². The van der Waals surface area contributed by atoms with Crippen molar-refractivity contribution in [1.29, 1.82) is 0 Å². The van der Waals surface area contributed by atoms with Crippen LogP contribution in [0.1, 0.15) is 43.1 Å². The Bertz CT molecular complexity index is 1090. The topological polar surface area (TPSA) is 76.3 Å². The van der Waals surface area contributed by atoms with Gasteiger partial charge in [-0.2, -0.15) is 14.9 Å². The van der Waals surface area contributed by atoms with Gasteiger partial charge in [-0.25, -0.2) is 5.43 Å². The van der Waals surface area contributed by atoms with E-state index in [1.54, 1.807) is 36.4 Å². The molecule has 3 aromatic rings. The van der Waals surface area contributed by atoms with Gasteiger partial charge in [-0.15, -0.1) is 0 Å². The molecule has 0 radical (unpaired) electrons. The third-order valence-electron chi connectivity index (χ3n) is 5.19. The van der Waals surface area contributed by atoms with E-state index in [2.05, 4.69) is 22.5 Å². The number of nitrogens with one attached hydrogen (secondary N) is 1. The molecule has 2 aromatic carbocycles. The van der Waals surface area contributed by atoms with Crippen molar-refractivity contribution in [3.8, 4) is 5.69 Å². The second kappa shape index (κ2) is 7.76. The third-order valence-corrected chi connectivity index (χ3v) is 5.19. The number of amides is 1. The van der Waals surface area contributed by atoms with Crippen molar-refractivity contribution < 1.29 is 4.79 Å². The molecule has 1 aromatic heterocycles. The van der Waals surface area contributed by atoms with Crippen LogP contribution in [0.25, 0.3) is 16.5 Å². The van der Waals surface area contributed by atoms with Gasteiger partial charge >= 0.3 is 0 Å². The zero-order valence-electron chi connectivity index (χ0n) is 15.8. The Morgan fingerprint density at radius 2 is 1.68 bits per heavy atom. The van der Waals surface area contributed by atoms with Crippen molar-refractivity contribution in [2.45, 2.75) is 32.6 Å². The lowest BCUT2D eigenvalue weighted by Crippen LogP contribution is -2.28. The van der Waals surface area contributed by atoms with Gasteiger partial charge in [0.25, 0.3) is 11.5 Å². The van der Waals surface area contributed by atoms with Gasteiger partial charge in [-0.3, -0.25) is 9.59 Å². The molecule has 1 fully saturated rings. The minimum atomic E-state index is -0.410. The second-order valence-electron chi connectivity index (χ2n) is 7.25. The molecule has 1 N–H and O–H groups in total. The number of benzene rings is 2. The highest BCUT2D eigenvalue weighted by Gasteiger charge is 2.18. The highest BCUT2D eigenvalue weighted by molar-refractivity contribution is 6.05.